The van der Waals surface area contributed by atoms with Crippen LogP contribution in [0.1, 0.15) is 10.5 Å². The number of carbonyl (C=O) groups excluding carboxylic acids is 1. The zero-order valence-corrected chi connectivity index (χ0v) is 14.8. The molecule has 0 unspecified atom stereocenters. The van der Waals surface area contributed by atoms with E-state index < -0.39 is 0 Å². The predicted octanol–water partition coefficient (Wildman–Crippen LogP) is 0.796. The molecule has 2 aromatic rings. The van der Waals surface area contributed by atoms with Crippen molar-refractivity contribution in [3.05, 3.63) is 36.2 Å². The fourth-order valence-electron chi connectivity index (χ4n) is 2.69. The number of aromatic nitrogens is 2. The summed E-state index contributed by atoms with van der Waals surface area (Å²) in [5, 5.41) is 2.51. The van der Waals surface area contributed by atoms with E-state index in [1.54, 1.807) is 6.20 Å². The number of nitrogens with one attached hydrogen (secondary N) is 1. The van der Waals surface area contributed by atoms with E-state index in [2.05, 4.69) is 20.2 Å². The Morgan fingerprint density at radius 2 is 2.19 bits per heavy atom. The Balaban J connectivity index is 1.68. The zero-order valence-electron chi connectivity index (χ0n) is 14.8. The van der Waals surface area contributed by atoms with E-state index in [1.165, 1.54) is 7.05 Å². The largest absolute Gasteiger partial charge is 0.492 e. The molecule has 3 rings (SSSR count). The summed E-state index contributed by atoms with van der Waals surface area (Å²) in [6, 6.07) is 7.56. The highest BCUT2D eigenvalue weighted by molar-refractivity contribution is 5.96. The summed E-state index contributed by atoms with van der Waals surface area (Å²) in [7, 11) is 1.53. The van der Waals surface area contributed by atoms with Crippen LogP contribution in [0.4, 0.5) is 5.82 Å². The first-order valence-electron chi connectivity index (χ1n) is 8.55. The molecule has 1 aliphatic rings. The van der Waals surface area contributed by atoms with Crippen molar-refractivity contribution in [2.75, 3.05) is 52.2 Å². The molecule has 1 amide bonds. The van der Waals surface area contributed by atoms with Crippen LogP contribution in [0, 0.1) is 0 Å². The number of anilines is 1. The highest BCUT2D eigenvalue weighted by Crippen LogP contribution is 2.23. The Labute approximate surface area is 152 Å². The van der Waals surface area contributed by atoms with Gasteiger partial charge in [0, 0.05) is 32.2 Å². The van der Waals surface area contributed by atoms with Crippen molar-refractivity contribution in [1.29, 1.82) is 0 Å². The monoisotopic (exact) mass is 357 g/mol. The first-order valence-corrected chi connectivity index (χ1v) is 8.55. The summed E-state index contributed by atoms with van der Waals surface area (Å²) in [5.41, 5.74) is 7.23. The van der Waals surface area contributed by atoms with Crippen molar-refractivity contribution in [2.45, 2.75) is 0 Å². The first kappa shape index (κ1) is 18.1. The number of morpholine rings is 1. The third kappa shape index (κ3) is 4.47. The molecule has 26 heavy (non-hydrogen) atoms. The minimum absolute atomic E-state index is 0.103. The van der Waals surface area contributed by atoms with Gasteiger partial charge in [0.05, 0.1) is 25.1 Å². The zero-order chi connectivity index (χ0) is 18.4. The van der Waals surface area contributed by atoms with Gasteiger partial charge in [-0.3, -0.25) is 9.69 Å². The maximum atomic E-state index is 11.8. The quantitative estimate of drug-likeness (QED) is 0.788. The number of benzene rings is 1. The maximum absolute atomic E-state index is 11.8. The van der Waals surface area contributed by atoms with Crippen LogP contribution >= 0.6 is 0 Å². The number of carbonyl (C=O) groups is 1. The summed E-state index contributed by atoms with van der Waals surface area (Å²) in [4.78, 5) is 22.6. The van der Waals surface area contributed by atoms with Gasteiger partial charge in [-0.05, 0) is 12.1 Å². The van der Waals surface area contributed by atoms with Crippen LogP contribution in [0.3, 0.4) is 0 Å². The first-order chi connectivity index (χ1) is 12.7. The molecule has 0 saturated carbocycles. The topological polar surface area (TPSA) is 103 Å². The van der Waals surface area contributed by atoms with E-state index in [0.29, 0.717) is 12.3 Å². The molecule has 2 heterocycles. The van der Waals surface area contributed by atoms with Crippen LogP contribution in [0.25, 0.3) is 11.3 Å². The molecule has 1 aromatic heterocycles. The minimum Gasteiger partial charge on any atom is -0.492 e. The third-order valence-electron chi connectivity index (χ3n) is 4.15. The Morgan fingerprint density at radius 3 is 2.96 bits per heavy atom. The molecule has 138 valence electrons. The van der Waals surface area contributed by atoms with Crippen LogP contribution in [-0.2, 0) is 4.74 Å². The van der Waals surface area contributed by atoms with Crippen LogP contribution < -0.4 is 15.8 Å². The van der Waals surface area contributed by atoms with Gasteiger partial charge in [-0.25, -0.2) is 9.97 Å². The smallest absolute Gasteiger partial charge is 0.273 e. The van der Waals surface area contributed by atoms with Crippen LogP contribution in [-0.4, -0.2) is 67.3 Å². The van der Waals surface area contributed by atoms with Gasteiger partial charge in [0.2, 0.25) is 0 Å². The molecule has 1 aliphatic heterocycles. The van der Waals surface area contributed by atoms with E-state index in [4.69, 9.17) is 15.2 Å². The molecule has 0 aliphatic carbocycles. The molecule has 1 fully saturated rings. The Hall–Kier alpha value is -2.71. The van der Waals surface area contributed by atoms with Gasteiger partial charge in [0.25, 0.3) is 5.91 Å². The highest BCUT2D eigenvalue weighted by Gasteiger charge is 2.14. The lowest BCUT2D eigenvalue weighted by Crippen LogP contribution is -2.38. The van der Waals surface area contributed by atoms with E-state index >= 15 is 0 Å². The van der Waals surface area contributed by atoms with E-state index in [1.807, 2.05) is 24.3 Å². The second-order valence-corrected chi connectivity index (χ2v) is 5.90. The number of ether oxygens (including phenoxy) is 2. The minimum atomic E-state index is -0.366. The van der Waals surface area contributed by atoms with Crippen LogP contribution in [0.15, 0.2) is 30.5 Å². The van der Waals surface area contributed by atoms with Gasteiger partial charge >= 0.3 is 0 Å². The number of nitrogen functional groups attached to an aromatic ring is 1. The summed E-state index contributed by atoms with van der Waals surface area (Å²) in [6.07, 6.45) is 1.55. The number of hydrogen-bond acceptors (Lipinski definition) is 7. The lowest BCUT2D eigenvalue weighted by atomic mass is 10.1. The molecule has 0 radical (unpaired) electrons. The molecule has 3 N–H and O–H groups in total. The van der Waals surface area contributed by atoms with Crippen molar-refractivity contribution >= 4 is 11.7 Å². The fourth-order valence-corrected chi connectivity index (χ4v) is 2.69. The van der Waals surface area contributed by atoms with Gasteiger partial charge < -0.3 is 20.5 Å². The molecule has 1 aromatic carbocycles. The molecular weight excluding hydrogens is 334 g/mol. The van der Waals surface area contributed by atoms with Gasteiger partial charge in [-0.15, -0.1) is 0 Å². The van der Waals surface area contributed by atoms with Crippen LogP contribution in [0.5, 0.6) is 5.75 Å². The SMILES string of the molecule is CNC(=O)c1nc(-c2cccc(OCCN3CCOCC3)c2)cnc1N. The van der Waals surface area contributed by atoms with Gasteiger partial charge in [0.1, 0.15) is 12.4 Å². The third-order valence-corrected chi connectivity index (χ3v) is 4.15. The Kier molecular flexibility index (Phi) is 5.98. The number of nitrogens with two attached hydrogens (primary N) is 1. The average molecular weight is 357 g/mol. The second kappa shape index (κ2) is 8.59. The highest BCUT2D eigenvalue weighted by atomic mass is 16.5. The number of amides is 1. The van der Waals surface area contributed by atoms with Gasteiger partial charge in [-0.1, -0.05) is 12.1 Å². The maximum Gasteiger partial charge on any atom is 0.273 e. The number of hydrogen-bond donors (Lipinski definition) is 2. The standard InChI is InChI=1S/C18H23N5O3/c1-20-18(24)16-17(19)21-12-15(22-16)13-3-2-4-14(11-13)26-10-7-23-5-8-25-9-6-23/h2-4,11-12H,5-10H2,1H3,(H2,19,21)(H,20,24). The fraction of sp³-hybridized carbons (Fsp3) is 0.389. The predicted molar refractivity (Wildman–Crippen MR) is 98.0 cm³/mol. The average Bonchev–Trinajstić information content (AvgIpc) is 2.69. The molecule has 8 heteroatoms. The molecule has 0 spiro atoms. The molecular formula is C18H23N5O3. The van der Waals surface area contributed by atoms with E-state index in [-0.39, 0.29) is 17.4 Å². The van der Waals surface area contributed by atoms with Crippen molar-refractivity contribution in [3.8, 4) is 17.0 Å². The molecule has 0 bridgehead atoms. The van der Waals surface area contributed by atoms with Crippen molar-refractivity contribution in [2.24, 2.45) is 0 Å². The lowest BCUT2D eigenvalue weighted by Gasteiger charge is -2.26. The summed E-state index contributed by atoms with van der Waals surface area (Å²) < 4.78 is 11.2. The van der Waals surface area contributed by atoms with E-state index in [0.717, 1.165) is 44.2 Å². The molecule has 1 saturated heterocycles. The Bertz CT molecular complexity index is 762. The number of rotatable bonds is 6. The normalized spacial score (nSPS) is 14.8. The van der Waals surface area contributed by atoms with Gasteiger partial charge in [-0.2, -0.15) is 0 Å². The summed E-state index contributed by atoms with van der Waals surface area (Å²) in [6.45, 7) is 4.88. The second-order valence-electron chi connectivity index (χ2n) is 5.90. The van der Waals surface area contributed by atoms with Gasteiger partial charge in [0.15, 0.2) is 11.5 Å². The summed E-state index contributed by atoms with van der Waals surface area (Å²) in [5.74, 6) is 0.483. The molecule has 8 nitrogen and oxygen atoms in total. The number of nitrogens with zero attached hydrogens (tertiary/aromatic N) is 3. The van der Waals surface area contributed by atoms with E-state index in [9.17, 15) is 4.79 Å². The Morgan fingerprint density at radius 1 is 1.38 bits per heavy atom. The summed E-state index contributed by atoms with van der Waals surface area (Å²) >= 11 is 0. The van der Waals surface area contributed by atoms with Crippen molar-refractivity contribution < 1.29 is 14.3 Å². The van der Waals surface area contributed by atoms with Crippen LogP contribution in [0.2, 0.25) is 0 Å². The van der Waals surface area contributed by atoms with Crippen molar-refractivity contribution in [1.82, 2.24) is 20.2 Å². The van der Waals surface area contributed by atoms with Crippen molar-refractivity contribution in [3.63, 3.8) is 0 Å². The molecule has 0 atom stereocenters. The lowest BCUT2D eigenvalue weighted by molar-refractivity contribution is 0.0322.